The maximum absolute atomic E-state index is 13.1. The van der Waals surface area contributed by atoms with Gasteiger partial charge >= 0.3 is 0 Å². The third-order valence-electron chi connectivity index (χ3n) is 5.43. The summed E-state index contributed by atoms with van der Waals surface area (Å²) in [6.45, 7) is 1.92. The van der Waals surface area contributed by atoms with E-state index in [1.54, 1.807) is 36.4 Å². The van der Waals surface area contributed by atoms with Gasteiger partial charge in [0.2, 0.25) is 0 Å². The lowest BCUT2D eigenvalue weighted by Crippen LogP contribution is -2.42. The molecule has 1 aliphatic rings. The molecule has 0 saturated heterocycles. The third-order valence-corrected chi connectivity index (χ3v) is 5.43. The fourth-order valence-electron chi connectivity index (χ4n) is 4.06. The zero-order chi connectivity index (χ0) is 20.0. The Kier molecular flexibility index (Phi) is 3.98. The van der Waals surface area contributed by atoms with Crippen LogP contribution in [-0.4, -0.2) is 11.0 Å². The molecule has 0 heterocycles. The molecule has 1 N–H and O–H groups in total. The van der Waals surface area contributed by atoms with Gasteiger partial charge in [0, 0.05) is 27.6 Å². The van der Waals surface area contributed by atoms with Crippen molar-refractivity contribution in [3.05, 3.63) is 113 Å². The van der Waals surface area contributed by atoms with E-state index in [9.17, 15) is 10.1 Å². The Hall–Kier alpha value is -3.47. The van der Waals surface area contributed by atoms with E-state index in [-0.39, 0.29) is 5.78 Å². The summed E-state index contributed by atoms with van der Waals surface area (Å²) in [5.74, 6) is -1.22. The number of carbonyl (C=O) groups excluding carboxylic acids is 1. The van der Waals surface area contributed by atoms with Gasteiger partial charge in [0.25, 0.3) is 5.79 Å². The number of fused-ring (bicyclic) bond motifs is 3. The fourth-order valence-corrected chi connectivity index (χ4v) is 4.06. The van der Waals surface area contributed by atoms with Crippen molar-refractivity contribution in [2.75, 3.05) is 0 Å². The lowest BCUT2D eigenvalue weighted by molar-refractivity contribution is -0.373. The van der Waals surface area contributed by atoms with Crippen molar-refractivity contribution in [3.8, 4) is 5.75 Å². The SMILES string of the molecule is Cc1ccc2c(c1)C(=O)c1ccccc1C2(OO)Oc1cccc2ccccc12. The van der Waals surface area contributed by atoms with Gasteiger partial charge < -0.3 is 4.74 Å². The van der Waals surface area contributed by atoms with Gasteiger partial charge in [0.05, 0.1) is 0 Å². The average molecular weight is 382 g/mol. The van der Waals surface area contributed by atoms with E-state index in [4.69, 9.17) is 9.62 Å². The van der Waals surface area contributed by atoms with Crippen molar-refractivity contribution in [1.82, 2.24) is 0 Å². The Balaban J connectivity index is 1.80. The molecule has 0 aliphatic heterocycles. The van der Waals surface area contributed by atoms with Crippen molar-refractivity contribution in [2.24, 2.45) is 0 Å². The first kappa shape index (κ1) is 17.6. The maximum Gasteiger partial charge on any atom is 0.294 e. The van der Waals surface area contributed by atoms with Crippen LogP contribution >= 0.6 is 0 Å². The smallest absolute Gasteiger partial charge is 0.294 e. The highest BCUT2D eigenvalue weighted by Gasteiger charge is 2.48. The third kappa shape index (κ3) is 2.58. The standard InChI is InChI=1S/C25H18O4/c1-16-13-14-22-20(15-16)24(26)19-10-4-5-11-21(19)25(22,29-27)28-23-12-6-8-17-7-2-3-9-18(17)23/h2-15,27H,1H3. The molecule has 1 unspecified atom stereocenters. The van der Waals surface area contributed by atoms with Gasteiger partial charge in [-0.3, -0.25) is 4.79 Å². The van der Waals surface area contributed by atoms with Crippen LogP contribution in [-0.2, 0) is 10.7 Å². The Morgan fingerprint density at radius 3 is 2.38 bits per heavy atom. The van der Waals surface area contributed by atoms with E-state index in [2.05, 4.69) is 0 Å². The first-order valence-electron chi connectivity index (χ1n) is 9.39. The molecule has 0 bridgehead atoms. The maximum atomic E-state index is 13.1. The summed E-state index contributed by atoms with van der Waals surface area (Å²) < 4.78 is 6.42. The zero-order valence-corrected chi connectivity index (χ0v) is 15.8. The average Bonchev–Trinajstić information content (AvgIpc) is 2.77. The van der Waals surface area contributed by atoms with Crippen molar-refractivity contribution < 1.29 is 19.7 Å². The van der Waals surface area contributed by atoms with Crippen molar-refractivity contribution in [2.45, 2.75) is 12.7 Å². The molecule has 4 aromatic rings. The Morgan fingerprint density at radius 2 is 1.52 bits per heavy atom. The van der Waals surface area contributed by atoms with Crippen molar-refractivity contribution in [3.63, 3.8) is 0 Å². The van der Waals surface area contributed by atoms with Crippen LogP contribution in [0.25, 0.3) is 10.8 Å². The van der Waals surface area contributed by atoms with Gasteiger partial charge in [-0.25, -0.2) is 5.26 Å². The second-order valence-corrected chi connectivity index (χ2v) is 7.21. The number of hydrogen-bond donors (Lipinski definition) is 1. The topological polar surface area (TPSA) is 55.8 Å². The number of benzene rings is 4. The molecule has 4 heteroatoms. The van der Waals surface area contributed by atoms with Crippen LogP contribution < -0.4 is 4.74 Å². The van der Waals surface area contributed by atoms with Gasteiger partial charge in [0.1, 0.15) is 5.75 Å². The second-order valence-electron chi connectivity index (χ2n) is 7.21. The van der Waals surface area contributed by atoms with Crippen LogP contribution in [0.3, 0.4) is 0 Å². The van der Waals surface area contributed by atoms with E-state index < -0.39 is 5.79 Å². The summed E-state index contributed by atoms with van der Waals surface area (Å²) in [5, 5.41) is 12.1. The lowest BCUT2D eigenvalue weighted by atomic mass is 9.80. The predicted octanol–water partition coefficient (Wildman–Crippen LogP) is 5.46. The Bertz CT molecular complexity index is 1260. The summed E-state index contributed by atoms with van der Waals surface area (Å²) in [7, 11) is 0. The van der Waals surface area contributed by atoms with Crippen LogP contribution in [0.1, 0.15) is 32.6 Å². The summed E-state index contributed by atoms with van der Waals surface area (Å²) in [6, 6.07) is 26.0. The normalized spacial score (nSPS) is 17.7. The van der Waals surface area contributed by atoms with Crippen LogP contribution in [0.15, 0.2) is 84.9 Å². The minimum atomic E-state index is -1.66. The highest BCUT2D eigenvalue weighted by molar-refractivity contribution is 6.13. The molecular weight excluding hydrogens is 364 g/mol. The van der Waals surface area contributed by atoms with E-state index in [1.165, 1.54) is 0 Å². The molecule has 1 aliphatic carbocycles. The minimum absolute atomic E-state index is 0.117. The highest BCUT2D eigenvalue weighted by Crippen LogP contribution is 2.45. The summed E-state index contributed by atoms with van der Waals surface area (Å²) in [6.07, 6.45) is 0. The molecular formula is C25H18O4. The molecule has 4 nitrogen and oxygen atoms in total. The number of ether oxygens (including phenoxy) is 1. The predicted molar refractivity (Wildman–Crippen MR) is 110 cm³/mol. The van der Waals surface area contributed by atoms with Crippen LogP contribution in [0.4, 0.5) is 0 Å². The molecule has 0 fully saturated rings. The zero-order valence-electron chi connectivity index (χ0n) is 15.8. The number of rotatable bonds is 3. The summed E-state index contributed by atoms with van der Waals surface area (Å²) in [4.78, 5) is 18.2. The van der Waals surface area contributed by atoms with Gasteiger partial charge in [-0.05, 0) is 24.4 Å². The number of aryl methyl sites for hydroxylation is 1. The van der Waals surface area contributed by atoms with Gasteiger partial charge in [0.15, 0.2) is 5.78 Å². The fraction of sp³-hybridized carbons (Fsp3) is 0.0800. The molecule has 1 atom stereocenters. The molecule has 4 aromatic carbocycles. The Morgan fingerprint density at radius 1 is 0.793 bits per heavy atom. The van der Waals surface area contributed by atoms with Crippen LogP contribution in [0.5, 0.6) is 5.75 Å². The summed E-state index contributed by atoms with van der Waals surface area (Å²) in [5.41, 5.74) is 2.78. The lowest BCUT2D eigenvalue weighted by Gasteiger charge is -2.37. The van der Waals surface area contributed by atoms with E-state index in [1.807, 2.05) is 55.5 Å². The highest BCUT2D eigenvalue weighted by atomic mass is 17.1. The molecule has 5 rings (SSSR count). The monoisotopic (exact) mass is 382 g/mol. The molecule has 0 amide bonds. The van der Waals surface area contributed by atoms with E-state index >= 15 is 0 Å². The molecule has 0 radical (unpaired) electrons. The number of carbonyl (C=O) groups is 1. The largest absolute Gasteiger partial charge is 0.451 e. The van der Waals surface area contributed by atoms with Crippen LogP contribution in [0.2, 0.25) is 0 Å². The molecule has 0 spiro atoms. The number of ketones is 1. The molecule has 0 aromatic heterocycles. The van der Waals surface area contributed by atoms with Gasteiger partial charge in [-0.1, -0.05) is 78.4 Å². The van der Waals surface area contributed by atoms with Crippen molar-refractivity contribution in [1.29, 1.82) is 0 Å². The van der Waals surface area contributed by atoms with E-state index in [0.29, 0.717) is 28.0 Å². The minimum Gasteiger partial charge on any atom is -0.451 e. The first-order valence-corrected chi connectivity index (χ1v) is 9.39. The van der Waals surface area contributed by atoms with E-state index in [0.717, 1.165) is 16.3 Å². The van der Waals surface area contributed by atoms with Crippen LogP contribution in [0, 0.1) is 6.92 Å². The molecule has 142 valence electrons. The molecule has 0 saturated carbocycles. The molecule has 29 heavy (non-hydrogen) atoms. The van der Waals surface area contributed by atoms with Crippen molar-refractivity contribution >= 4 is 16.6 Å². The van der Waals surface area contributed by atoms with Gasteiger partial charge in [-0.15, -0.1) is 0 Å². The van der Waals surface area contributed by atoms with Gasteiger partial charge in [-0.2, -0.15) is 4.89 Å². The quantitative estimate of drug-likeness (QED) is 0.290. The summed E-state index contributed by atoms with van der Waals surface area (Å²) >= 11 is 0. The number of hydrogen-bond acceptors (Lipinski definition) is 4. The first-order chi connectivity index (χ1) is 14.1. The second kappa shape index (κ2) is 6.55. The Labute approximate surface area is 167 Å².